The van der Waals surface area contributed by atoms with E-state index in [1.54, 1.807) is 20.3 Å². The third-order valence-electron chi connectivity index (χ3n) is 6.17. The van der Waals surface area contributed by atoms with Crippen LogP contribution in [0.15, 0.2) is 18.2 Å². The van der Waals surface area contributed by atoms with Gasteiger partial charge in [-0.15, -0.1) is 0 Å². The molecule has 2 bridgehead atoms. The maximum Gasteiger partial charge on any atom is 0.231 e. The van der Waals surface area contributed by atoms with E-state index in [0.717, 1.165) is 22.3 Å². The van der Waals surface area contributed by atoms with Gasteiger partial charge in [0.15, 0.2) is 23.0 Å². The van der Waals surface area contributed by atoms with Crippen LogP contribution < -0.4 is 18.9 Å². The van der Waals surface area contributed by atoms with Gasteiger partial charge < -0.3 is 28.8 Å². The molecule has 0 amide bonds. The number of phenols is 1. The lowest BCUT2D eigenvalue weighted by Gasteiger charge is -2.25. The number of methoxy groups -OCH3 is 2. The predicted octanol–water partition coefficient (Wildman–Crippen LogP) is 4.20. The van der Waals surface area contributed by atoms with Gasteiger partial charge >= 0.3 is 0 Å². The normalized spacial score (nSPS) is 27.0. The van der Waals surface area contributed by atoms with E-state index >= 15 is 0 Å². The highest BCUT2D eigenvalue weighted by Crippen LogP contribution is 2.61. The average molecular weight is 370 g/mol. The van der Waals surface area contributed by atoms with Crippen molar-refractivity contribution in [2.24, 2.45) is 11.8 Å². The van der Waals surface area contributed by atoms with Gasteiger partial charge in [-0.25, -0.2) is 0 Å². The summed E-state index contributed by atoms with van der Waals surface area (Å²) in [4.78, 5) is 0. The summed E-state index contributed by atoms with van der Waals surface area (Å²) in [5.74, 6) is 3.02. The first kappa shape index (κ1) is 16.6. The van der Waals surface area contributed by atoms with Crippen molar-refractivity contribution in [2.45, 2.75) is 26.1 Å². The fraction of sp³-hybridized carbons (Fsp3) is 0.429. The lowest BCUT2D eigenvalue weighted by Crippen LogP contribution is -2.14. The van der Waals surface area contributed by atoms with Crippen molar-refractivity contribution in [3.63, 3.8) is 0 Å². The highest BCUT2D eigenvalue weighted by atomic mass is 16.7. The molecule has 142 valence electrons. The van der Waals surface area contributed by atoms with Crippen molar-refractivity contribution in [1.82, 2.24) is 0 Å². The third-order valence-corrected chi connectivity index (χ3v) is 6.17. The largest absolute Gasteiger partial charge is 0.504 e. The Morgan fingerprint density at radius 1 is 0.963 bits per heavy atom. The van der Waals surface area contributed by atoms with E-state index in [1.807, 2.05) is 12.1 Å². The molecular weight excluding hydrogens is 348 g/mol. The second-order valence-corrected chi connectivity index (χ2v) is 7.41. The molecule has 3 aliphatic heterocycles. The molecule has 1 fully saturated rings. The van der Waals surface area contributed by atoms with Gasteiger partial charge in [-0.2, -0.15) is 0 Å². The lowest BCUT2D eigenvalue weighted by atomic mass is 9.78. The third kappa shape index (κ3) is 2.10. The number of hydrogen-bond donors (Lipinski definition) is 1. The van der Waals surface area contributed by atoms with Crippen LogP contribution in [0.2, 0.25) is 0 Å². The summed E-state index contributed by atoms with van der Waals surface area (Å²) in [7, 11) is 3.17. The minimum Gasteiger partial charge on any atom is -0.504 e. The molecule has 6 nitrogen and oxygen atoms in total. The van der Waals surface area contributed by atoms with Crippen molar-refractivity contribution in [3.05, 3.63) is 29.3 Å². The van der Waals surface area contributed by atoms with Crippen LogP contribution in [0.5, 0.6) is 28.7 Å². The molecule has 0 unspecified atom stereocenters. The molecular formula is C21H22O6. The van der Waals surface area contributed by atoms with Gasteiger partial charge in [0.2, 0.25) is 12.5 Å². The molecule has 1 N–H and O–H groups in total. The number of fused-ring (bicyclic) bond motifs is 8. The first-order chi connectivity index (χ1) is 13.0. The SMILES string of the molecule is COc1cc2c(cc1O)[C@H]1O[C@@H](c3cc4c(c(OC)c3-2)OCO4)[C@H](C)[C@@H]1C. The van der Waals surface area contributed by atoms with Crippen LogP contribution in [0.3, 0.4) is 0 Å². The van der Waals surface area contributed by atoms with Gasteiger partial charge in [-0.3, -0.25) is 0 Å². The minimum atomic E-state index is -0.120. The van der Waals surface area contributed by atoms with Gasteiger partial charge in [0.05, 0.1) is 26.4 Å². The van der Waals surface area contributed by atoms with Crippen molar-refractivity contribution in [3.8, 4) is 39.9 Å². The smallest absolute Gasteiger partial charge is 0.231 e. The lowest BCUT2D eigenvalue weighted by molar-refractivity contribution is 0.0313. The number of ether oxygens (including phenoxy) is 5. The number of phenolic OH excluding ortho intramolecular Hbond substituents is 1. The molecule has 0 aromatic heterocycles. The first-order valence-corrected chi connectivity index (χ1v) is 9.12. The van der Waals surface area contributed by atoms with Crippen LogP contribution in [0, 0.1) is 11.8 Å². The topological polar surface area (TPSA) is 66.4 Å². The molecule has 2 aromatic rings. The van der Waals surface area contributed by atoms with E-state index in [0.29, 0.717) is 34.8 Å². The maximum absolute atomic E-state index is 10.4. The average Bonchev–Trinajstić information content (AvgIpc) is 3.21. The van der Waals surface area contributed by atoms with Gasteiger partial charge in [-0.1, -0.05) is 13.8 Å². The zero-order chi connectivity index (χ0) is 18.9. The fourth-order valence-corrected chi connectivity index (χ4v) is 4.60. The molecule has 4 atom stereocenters. The summed E-state index contributed by atoms with van der Waals surface area (Å²) >= 11 is 0. The summed E-state index contributed by atoms with van der Waals surface area (Å²) in [5, 5.41) is 10.4. The Labute approximate surface area is 157 Å². The standard InChI is InChI=1S/C21H22O6/c1-9-10(2)19-13-7-16-20(26-8-25-16)21(24-4)17(13)11-6-15(23-3)14(22)5-12(11)18(9)27-19/h5-7,9-10,18-19,22H,8H2,1-4H3/t9-,10+,18-,19+/m0/s1. The summed E-state index contributed by atoms with van der Waals surface area (Å²) in [6.07, 6.45) is -0.213. The quantitative estimate of drug-likeness (QED) is 0.854. The predicted molar refractivity (Wildman–Crippen MR) is 97.7 cm³/mol. The van der Waals surface area contributed by atoms with Gasteiger partial charge in [0, 0.05) is 5.56 Å². The summed E-state index contributed by atoms with van der Waals surface area (Å²) in [6, 6.07) is 5.62. The van der Waals surface area contributed by atoms with Gasteiger partial charge in [0.1, 0.15) is 0 Å². The van der Waals surface area contributed by atoms with Crippen LogP contribution in [-0.4, -0.2) is 26.1 Å². The minimum absolute atomic E-state index is 0.0936. The summed E-state index contributed by atoms with van der Waals surface area (Å²) in [6.45, 7) is 4.56. The van der Waals surface area contributed by atoms with E-state index in [1.165, 1.54) is 0 Å². The molecule has 5 rings (SSSR count). The van der Waals surface area contributed by atoms with E-state index in [2.05, 4.69) is 13.8 Å². The molecule has 27 heavy (non-hydrogen) atoms. The Bertz CT molecular complexity index is 937. The van der Waals surface area contributed by atoms with Gasteiger partial charge in [0.25, 0.3) is 0 Å². The Hall–Kier alpha value is -2.60. The van der Waals surface area contributed by atoms with Crippen molar-refractivity contribution in [2.75, 3.05) is 21.0 Å². The highest BCUT2D eigenvalue weighted by Gasteiger charge is 2.47. The Morgan fingerprint density at radius 3 is 2.41 bits per heavy atom. The summed E-state index contributed by atoms with van der Waals surface area (Å²) in [5.41, 5.74) is 3.80. The number of aromatic hydroxyl groups is 1. The van der Waals surface area contributed by atoms with Crippen LogP contribution in [0.4, 0.5) is 0 Å². The Kier molecular flexibility index (Phi) is 3.49. The van der Waals surface area contributed by atoms with Crippen LogP contribution in [0.1, 0.15) is 37.2 Å². The number of rotatable bonds is 2. The van der Waals surface area contributed by atoms with E-state index in [9.17, 15) is 5.11 Å². The Balaban J connectivity index is 1.89. The highest BCUT2D eigenvalue weighted by molar-refractivity contribution is 5.84. The van der Waals surface area contributed by atoms with Crippen molar-refractivity contribution < 1.29 is 28.8 Å². The summed E-state index contributed by atoms with van der Waals surface area (Å²) < 4.78 is 29.0. The molecule has 0 spiro atoms. The van der Waals surface area contributed by atoms with E-state index in [-0.39, 0.29) is 24.8 Å². The van der Waals surface area contributed by atoms with Crippen LogP contribution >= 0.6 is 0 Å². The second-order valence-electron chi connectivity index (χ2n) is 7.41. The molecule has 3 aliphatic rings. The fourth-order valence-electron chi connectivity index (χ4n) is 4.60. The molecule has 2 aromatic carbocycles. The second kappa shape index (κ2) is 5.70. The van der Waals surface area contributed by atoms with E-state index in [4.69, 9.17) is 23.7 Å². The molecule has 0 saturated carbocycles. The van der Waals surface area contributed by atoms with Crippen molar-refractivity contribution >= 4 is 0 Å². The first-order valence-electron chi connectivity index (χ1n) is 9.12. The molecule has 0 aliphatic carbocycles. The molecule has 0 radical (unpaired) electrons. The molecule has 6 heteroatoms. The number of benzene rings is 2. The van der Waals surface area contributed by atoms with Crippen LogP contribution in [-0.2, 0) is 4.74 Å². The van der Waals surface area contributed by atoms with Crippen LogP contribution in [0.25, 0.3) is 11.1 Å². The monoisotopic (exact) mass is 370 g/mol. The number of hydrogen-bond acceptors (Lipinski definition) is 6. The molecule has 1 saturated heterocycles. The molecule has 3 heterocycles. The van der Waals surface area contributed by atoms with E-state index < -0.39 is 0 Å². The Morgan fingerprint density at radius 2 is 1.70 bits per heavy atom. The maximum atomic E-state index is 10.4. The van der Waals surface area contributed by atoms with Gasteiger partial charge in [-0.05, 0) is 46.7 Å². The zero-order valence-electron chi connectivity index (χ0n) is 15.7. The van der Waals surface area contributed by atoms with Crippen molar-refractivity contribution in [1.29, 1.82) is 0 Å². The zero-order valence-corrected chi connectivity index (χ0v) is 15.7.